The first-order valence-electron chi connectivity index (χ1n) is 6.06. The first-order valence-corrected chi connectivity index (χ1v) is 6.44. The summed E-state index contributed by atoms with van der Waals surface area (Å²) in [6.07, 6.45) is 0. The molecule has 2 rings (SSSR count). The van der Waals surface area contributed by atoms with Gasteiger partial charge in [0, 0.05) is 11.6 Å². The van der Waals surface area contributed by atoms with Crippen LogP contribution in [0.25, 0.3) is 0 Å². The van der Waals surface area contributed by atoms with Gasteiger partial charge in [0.2, 0.25) is 0 Å². The van der Waals surface area contributed by atoms with E-state index in [1.165, 1.54) is 0 Å². The molecule has 0 atom stereocenters. The van der Waals surface area contributed by atoms with Crippen molar-refractivity contribution < 1.29 is 14.6 Å². The number of ether oxygens (including phenoxy) is 1. The fraction of sp³-hybridized carbons (Fsp3) is 0.133. The molecule has 0 spiro atoms. The third-order valence-corrected chi connectivity index (χ3v) is 2.83. The third kappa shape index (κ3) is 4.48. The van der Waals surface area contributed by atoms with Crippen LogP contribution in [0.4, 0.5) is 0 Å². The molecule has 20 heavy (non-hydrogen) atoms. The van der Waals surface area contributed by atoms with Gasteiger partial charge in [-0.3, -0.25) is 4.79 Å². The Morgan fingerprint density at radius 1 is 1.20 bits per heavy atom. The van der Waals surface area contributed by atoms with Crippen molar-refractivity contribution in [3.05, 3.63) is 59.1 Å². The standard InChI is InChI=1S/C15H14ClNO3/c16-12-2-1-3-14(8-12)20-10-15(19)17-9-11-4-6-13(18)7-5-11/h1-8,18H,9-10H2,(H,17,19). The van der Waals surface area contributed by atoms with Crippen LogP contribution in [-0.2, 0) is 11.3 Å². The smallest absolute Gasteiger partial charge is 0.258 e. The van der Waals surface area contributed by atoms with E-state index in [9.17, 15) is 4.79 Å². The summed E-state index contributed by atoms with van der Waals surface area (Å²) >= 11 is 5.81. The number of hydrogen-bond donors (Lipinski definition) is 2. The topological polar surface area (TPSA) is 58.6 Å². The van der Waals surface area contributed by atoms with Crippen molar-refractivity contribution in [3.8, 4) is 11.5 Å². The summed E-state index contributed by atoms with van der Waals surface area (Å²) in [5.74, 6) is 0.528. The monoisotopic (exact) mass is 291 g/mol. The summed E-state index contributed by atoms with van der Waals surface area (Å²) < 4.78 is 5.32. The van der Waals surface area contributed by atoms with Gasteiger partial charge in [0.05, 0.1) is 0 Å². The molecule has 0 aromatic heterocycles. The zero-order valence-corrected chi connectivity index (χ0v) is 11.4. The van der Waals surface area contributed by atoms with Gasteiger partial charge in [-0.25, -0.2) is 0 Å². The molecule has 0 bridgehead atoms. The molecule has 0 saturated carbocycles. The summed E-state index contributed by atoms with van der Waals surface area (Å²) in [4.78, 5) is 11.6. The highest BCUT2D eigenvalue weighted by Crippen LogP contribution is 2.16. The number of phenols is 1. The van der Waals surface area contributed by atoms with Gasteiger partial charge in [-0.05, 0) is 35.9 Å². The van der Waals surface area contributed by atoms with Gasteiger partial charge >= 0.3 is 0 Å². The molecule has 0 fully saturated rings. The van der Waals surface area contributed by atoms with Crippen LogP contribution < -0.4 is 10.1 Å². The second-order valence-electron chi connectivity index (χ2n) is 4.19. The molecule has 0 aliphatic carbocycles. The van der Waals surface area contributed by atoms with E-state index in [-0.39, 0.29) is 18.3 Å². The van der Waals surface area contributed by atoms with E-state index >= 15 is 0 Å². The third-order valence-electron chi connectivity index (χ3n) is 2.59. The zero-order valence-electron chi connectivity index (χ0n) is 10.7. The summed E-state index contributed by atoms with van der Waals surface area (Å²) in [6, 6.07) is 13.5. The van der Waals surface area contributed by atoms with E-state index in [1.807, 2.05) is 0 Å². The van der Waals surface area contributed by atoms with Crippen molar-refractivity contribution in [2.45, 2.75) is 6.54 Å². The highest BCUT2D eigenvalue weighted by atomic mass is 35.5. The average molecular weight is 292 g/mol. The van der Waals surface area contributed by atoms with Crippen molar-refractivity contribution in [3.63, 3.8) is 0 Å². The lowest BCUT2D eigenvalue weighted by molar-refractivity contribution is -0.123. The Morgan fingerprint density at radius 3 is 2.65 bits per heavy atom. The van der Waals surface area contributed by atoms with Crippen LogP contribution in [-0.4, -0.2) is 17.6 Å². The van der Waals surface area contributed by atoms with Crippen LogP contribution in [0.1, 0.15) is 5.56 Å². The Bertz CT molecular complexity index is 584. The molecule has 0 saturated heterocycles. The van der Waals surface area contributed by atoms with E-state index in [4.69, 9.17) is 21.4 Å². The Balaban J connectivity index is 1.77. The lowest BCUT2D eigenvalue weighted by Crippen LogP contribution is -2.28. The molecule has 2 N–H and O–H groups in total. The van der Waals surface area contributed by atoms with Gasteiger partial charge in [0.1, 0.15) is 11.5 Å². The number of nitrogens with one attached hydrogen (secondary N) is 1. The van der Waals surface area contributed by atoms with E-state index in [0.717, 1.165) is 5.56 Å². The lowest BCUT2D eigenvalue weighted by Gasteiger charge is -2.08. The second kappa shape index (κ2) is 6.82. The van der Waals surface area contributed by atoms with E-state index < -0.39 is 0 Å². The molecule has 2 aromatic rings. The molecular formula is C15H14ClNO3. The largest absolute Gasteiger partial charge is 0.508 e. The number of carbonyl (C=O) groups excluding carboxylic acids is 1. The molecular weight excluding hydrogens is 278 g/mol. The quantitative estimate of drug-likeness (QED) is 0.890. The molecule has 1 amide bonds. The van der Waals surface area contributed by atoms with E-state index in [0.29, 0.717) is 17.3 Å². The van der Waals surface area contributed by atoms with Crippen molar-refractivity contribution in [1.29, 1.82) is 0 Å². The van der Waals surface area contributed by atoms with Gasteiger partial charge in [-0.2, -0.15) is 0 Å². The molecule has 4 nitrogen and oxygen atoms in total. The fourth-order valence-corrected chi connectivity index (χ4v) is 1.75. The number of rotatable bonds is 5. The minimum atomic E-state index is -0.224. The maximum absolute atomic E-state index is 11.6. The van der Waals surface area contributed by atoms with E-state index in [2.05, 4.69) is 5.32 Å². The number of halogens is 1. The predicted octanol–water partition coefficient (Wildman–Crippen LogP) is 2.74. The van der Waals surface area contributed by atoms with Gasteiger partial charge in [0.15, 0.2) is 6.61 Å². The van der Waals surface area contributed by atoms with Gasteiger partial charge < -0.3 is 15.2 Å². The van der Waals surface area contributed by atoms with Crippen molar-refractivity contribution in [2.75, 3.05) is 6.61 Å². The molecule has 5 heteroatoms. The van der Waals surface area contributed by atoms with Crippen molar-refractivity contribution in [2.24, 2.45) is 0 Å². The summed E-state index contributed by atoms with van der Waals surface area (Å²) in [5.41, 5.74) is 0.902. The number of amides is 1. The average Bonchev–Trinajstić information content (AvgIpc) is 2.45. The molecule has 0 aliphatic rings. The SMILES string of the molecule is O=C(COc1cccc(Cl)c1)NCc1ccc(O)cc1. The summed E-state index contributed by atoms with van der Waals surface area (Å²) in [5, 5.41) is 12.4. The van der Waals surface area contributed by atoms with Gasteiger partial charge in [0.25, 0.3) is 5.91 Å². The number of phenolic OH excluding ortho intramolecular Hbond substituents is 1. The molecule has 0 aliphatic heterocycles. The van der Waals surface area contributed by atoms with E-state index in [1.54, 1.807) is 48.5 Å². The Morgan fingerprint density at radius 2 is 1.95 bits per heavy atom. The Labute approximate surface area is 122 Å². The van der Waals surface area contributed by atoms with Crippen LogP contribution in [0.2, 0.25) is 5.02 Å². The van der Waals surface area contributed by atoms with Crippen molar-refractivity contribution in [1.82, 2.24) is 5.32 Å². The van der Waals surface area contributed by atoms with Gasteiger partial charge in [-0.1, -0.05) is 29.8 Å². The zero-order chi connectivity index (χ0) is 14.4. The Kier molecular flexibility index (Phi) is 4.85. The highest BCUT2D eigenvalue weighted by molar-refractivity contribution is 6.30. The van der Waals surface area contributed by atoms with Crippen molar-refractivity contribution >= 4 is 17.5 Å². The minimum absolute atomic E-state index is 0.0710. The lowest BCUT2D eigenvalue weighted by atomic mass is 10.2. The predicted molar refractivity (Wildman–Crippen MR) is 76.9 cm³/mol. The molecule has 2 aromatic carbocycles. The van der Waals surface area contributed by atoms with Gasteiger partial charge in [-0.15, -0.1) is 0 Å². The van der Waals surface area contributed by atoms with Crippen LogP contribution in [0.15, 0.2) is 48.5 Å². The first-order chi connectivity index (χ1) is 9.63. The normalized spacial score (nSPS) is 10.1. The molecule has 0 heterocycles. The maximum Gasteiger partial charge on any atom is 0.258 e. The summed E-state index contributed by atoms with van der Waals surface area (Å²) in [7, 11) is 0. The number of aromatic hydroxyl groups is 1. The fourth-order valence-electron chi connectivity index (χ4n) is 1.57. The second-order valence-corrected chi connectivity index (χ2v) is 4.63. The summed E-state index contributed by atoms with van der Waals surface area (Å²) in [6.45, 7) is 0.316. The van der Waals surface area contributed by atoms with Crippen LogP contribution in [0.5, 0.6) is 11.5 Å². The van der Waals surface area contributed by atoms with Crippen LogP contribution in [0, 0.1) is 0 Å². The van der Waals surface area contributed by atoms with Crippen LogP contribution in [0.3, 0.4) is 0 Å². The first kappa shape index (κ1) is 14.2. The van der Waals surface area contributed by atoms with Crippen LogP contribution >= 0.6 is 11.6 Å². The molecule has 0 unspecified atom stereocenters. The number of benzene rings is 2. The number of carbonyl (C=O) groups is 1. The molecule has 104 valence electrons. The minimum Gasteiger partial charge on any atom is -0.508 e. The maximum atomic E-state index is 11.6. The number of hydrogen-bond acceptors (Lipinski definition) is 3. The molecule has 0 radical (unpaired) electrons. The Hall–Kier alpha value is -2.20. The highest BCUT2D eigenvalue weighted by Gasteiger charge is 2.03.